The number of unbranched alkanes of at least 4 members (excludes halogenated alkanes) is 1. The molecule has 1 fully saturated rings. The van der Waals surface area contributed by atoms with Gasteiger partial charge in [0.15, 0.2) is 0 Å². The van der Waals surface area contributed by atoms with Crippen LogP contribution in [0.5, 0.6) is 0 Å². The number of carboxylic acids is 1. The van der Waals surface area contributed by atoms with Crippen molar-refractivity contribution in [3.05, 3.63) is 0 Å². The maximum absolute atomic E-state index is 10.4. The van der Waals surface area contributed by atoms with Gasteiger partial charge in [0.2, 0.25) is 0 Å². The van der Waals surface area contributed by atoms with E-state index in [9.17, 15) is 4.79 Å². The molecule has 0 aliphatic heterocycles. The molecule has 0 bridgehead atoms. The van der Waals surface area contributed by atoms with Gasteiger partial charge in [0.05, 0.1) is 0 Å². The predicted molar refractivity (Wildman–Crippen MR) is 68.2 cm³/mol. The molecule has 0 unspecified atom stereocenters. The third-order valence-electron chi connectivity index (χ3n) is 2.75. The molecule has 16 heavy (non-hydrogen) atoms. The first kappa shape index (κ1) is 15.7. The Morgan fingerprint density at radius 1 is 1.38 bits per heavy atom. The fourth-order valence-electron chi connectivity index (χ4n) is 1.92. The van der Waals surface area contributed by atoms with Crippen LogP contribution in [0.15, 0.2) is 0 Å². The summed E-state index contributed by atoms with van der Waals surface area (Å²) in [5.41, 5.74) is 0. The number of hydrogen-bond acceptors (Lipinski definition) is 2. The zero-order valence-electron chi connectivity index (χ0n) is 10.3. The van der Waals surface area contributed by atoms with E-state index >= 15 is 0 Å². The zero-order valence-corrected chi connectivity index (χ0v) is 11.1. The first-order valence-corrected chi connectivity index (χ1v) is 6.05. The van der Waals surface area contributed by atoms with E-state index < -0.39 is 5.97 Å². The van der Waals surface area contributed by atoms with Crippen LogP contribution in [-0.2, 0) is 4.79 Å². The summed E-state index contributed by atoms with van der Waals surface area (Å²) in [6.45, 7) is 6.73. The Kier molecular flexibility index (Phi) is 7.77. The van der Waals surface area contributed by atoms with Crippen molar-refractivity contribution in [3.63, 3.8) is 0 Å². The Hall–Kier alpha value is -0.280. The second-order valence-corrected chi connectivity index (χ2v) is 4.97. The van der Waals surface area contributed by atoms with Gasteiger partial charge in [-0.15, -0.1) is 12.4 Å². The molecular formula is C12H24ClNO2. The van der Waals surface area contributed by atoms with Crippen LogP contribution >= 0.6 is 12.4 Å². The van der Waals surface area contributed by atoms with Gasteiger partial charge in [-0.3, -0.25) is 4.79 Å². The first-order chi connectivity index (χ1) is 7.09. The molecule has 4 heteroatoms. The minimum Gasteiger partial charge on any atom is -0.481 e. The van der Waals surface area contributed by atoms with Crippen LogP contribution in [0.1, 0.15) is 46.0 Å². The van der Waals surface area contributed by atoms with Crippen LogP contribution in [0.4, 0.5) is 0 Å². The van der Waals surface area contributed by atoms with E-state index in [2.05, 4.69) is 18.7 Å². The van der Waals surface area contributed by atoms with Gasteiger partial charge >= 0.3 is 5.97 Å². The highest BCUT2D eigenvalue weighted by atomic mass is 35.5. The number of nitrogens with zero attached hydrogens (tertiary/aromatic N) is 1. The topological polar surface area (TPSA) is 40.5 Å². The van der Waals surface area contributed by atoms with E-state index in [0.29, 0.717) is 12.3 Å². The maximum Gasteiger partial charge on any atom is 0.303 e. The molecule has 0 radical (unpaired) electrons. The Labute approximate surface area is 105 Å². The molecule has 0 saturated heterocycles. The van der Waals surface area contributed by atoms with Crippen molar-refractivity contribution >= 4 is 18.4 Å². The van der Waals surface area contributed by atoms with Crippen molar-refractivity contribution in [1.29, 1.82) is 0 Å². The van der Waals surface area contributed by atoms with Crippen LogP contribution in [0, 0.1) is 5.92 Å². The third kappa shape index (κ3) is 7.07. The van der Waals surface area contributed by atoms with Crippen LogP contribution in [0.2, 0.25) is 0 Å². The van der Waals surface area contributed by atoms with Crippen LogP contribution in [0.3, 0.4) is 0 Å². The van der Waals surface area contributed by atoms with Gasteiger partial charge in [0, 0.05) is 19.0 Å². The molecule has 0 amide bonds. The molecule has 0 atom stereocenters. The van der Waals surface area contributed by atoms with Gasteiger partial charge in [0.1, 0.15) is 0 Å². The monoisotopic (exact) mass is 249 g/mol. The number of carboxylic acid groups (broad SMARTS) is 1. The molecule has 1 saturated carbocycles. The minimum atomic E-state index is -0.670. The molecular weight excluding hydrogens is 226 g/mol. The summed E-state index contributed by atoms with van der Waals surface area (Å²) in [5, 5.41) is 8.53. The van der Waals surface area contributed by atoms with Gasteiger partial charge in [-0.2, -0.15) is 0 Å². The molecule has 3 nitrogen and oxygen atoms in total. The maximum atomic E-state index is 10.4. The third-order valence-corrected chi connectivity index (χ3v) is 2.75. The highest BCUT2D eigenvalue weighted by Crippen LogP contribution is 2.27. The molecule has 96 valence electrons. The Morgan fingerprint density at radius 3 is 2.44 bits per heavy atom. The summed E-state index contributed by atoms with van der Waals surface area (Å²) >= 11 is 0. The fourth-order valence-corrected chi connectivity index (χ4v) is 1.92. The minimum absolute atomic E-state index is 0. The predicted octanol–water partition coefficient (Wildman–Crippen LogP) is 2.78. The smallest absolute Gasteiger partial charge is 0.303 e. The van der Waals surface area contributed by atoms with Gasteiger partial charge in [-0.05, 0) is 38.1 Å². The average Bonchev–Trinajstić information content (AvgIpc) is 2.92. The zero-order chi connectivity index (χ0) is 11.3. The van der Waals surface area contributed by atoms with Crippen LogP contribution < -0.4 is 0 Å². The number of aliphatic carboxylic acids is 1. The van der Waals surface area contributed by atoms with Crippen molar-refractivity contribution in [1.82, 2.24) is 4.90 Å². The number of carbonyl (C=O) groups is 1. The quantitative estimate of drug-likeness (QED) is 0.673. The summed E-state index contributed by atoms with van der Waals surface area (Å²) in [7, 11) is 0. The van der Waals surface area contributed by atoms with E-state index in [1.54, 1.807) is 0 Å². The molecule has 0 spiro atoms. The Balaban J connectivity index is 0.00000225. The van der Waals surface area contributed by atoms with E-state index in [-0.39, 0.29) is 12.4 Å². The SMILES string of the molecule is CC(C)CN(CCCCC(=O)O)C1CC1.Cl. The molecule has 1 aliphatic carbocycles. The van der Waals surface area contributed by atoms with Gasteiger partial charge in [-0.25, -0.2) is 0 Å². The van der Waals surface area contributed by atoms with Gasteiger partial charge in [-0.1, -0.05) is 13.8 Å². The van der Waals surface area contributed by atoms with E-state index in [4.69, 9.17) is 5.11 Å². The second-order valence-electron chi connectivity index (χ2n) is 4.97. The first-order valence-electron chi connectivity index (χ1n) is 6.05. The number of hydrogen-bond donors (Lipinski definition) is 1. The summed E-state index contributed by atoms with van der Waals surface area (Å²) in [5.74, 6) is 0.0434. The second kappa shape index (κ2) is 7.91. The van der Waals surface area contributed by atoms with Gasteiger partial charge in [0.25, 0.3) is 0 Å². The molecule has 0 heterocycles. The Bertz CT molecular complexity index is 205. The molecule has 0 aromatic carbocycles. The van der Waals surface area contributed by atoms with Crippen LogP contribution in [-0.4, -0.2) is 35.1 Å². The molecule has 1 aliphatic rings. The van der Waals surface area contributed by atoms with Crippen molar-refractivity contribution in [2.24, 2.45) is 5.92 Å². The lowest BCUT2D eigenvalue weighted by Crippen LogP contribution is -2.31. The summed E-state index contributed by atoms with van der Waals surface area (Å²) in [6.07, 6.45) is 4.84. The summed E-state index contributed by atoms with van der Waals surface area (Å²) < 4.78 is 0. The number of rotatable bonds is 8. The van der Waals surface area contributed by atoms with Crippen molar-refractivity contribution in [2.45, 2.75) is 52.0 Å². The van der Waals surface area contributed by atoms with Crippen molar-refractivity contribution in [2.75, 3.05) is 13.1 Å². The summed E-state index contributed by atoms with van der Waals surface area (Å²) in [4.78, 5) is 12.9. The Morgan fingerprint density at radius 2 is 2.00 bits per heavy atom. The molecule has 1 N–H and O–H groups in total. The highest BCUT2D eigenvalue weighted by molar-refractivity contribution is 5.85. The lowest BCUT2D eigenvalue weighted by molar-refractivity contribution is -0.137. The van der Waals surface area contributed by atoms with Crippen LogP contribution in [0.25, 0.3) is 0 Å². The summed E-state index contributed by atoms with van der Waals surface area (Å²) in [6, 6.07) is 0.803. The largest absolute Gasteiger partial charge is 0.481 e. The normalized spacial score (nSPS) is 15.2. The average molecular weight is 250 g/mol. The number of halogens is 1. The molecule has 0 aromatic rings. The van der Waals surface area contributed by atoms with E-state index in [1.807, 2.05) is 0 Å². The van der Waals surface area contributed by atoms with E-state index in [0.717, 1.165) is 32.0 Å². The van der Waals surface area contributed by atoms with Crippen molar-refractivity contribution < 1.29 is 9.90 Å². The lowest BCUT2D eigenvalue weighted by Gasteiger charge is -2.23. The fraction of sp³-hybridized carbons (Fsp3) is 0.917. The molecule has 1 rings (SSSR count). The highest BCUT2D eigenvalue weighted by Gasteiger charge is 2.28. The van der Waals surface area contributed by atoms with Crippen molar-refractivity contribution in [3.8, 4) is 0 Å². The molecule has 0 aromatic heterocycles. The van der Waals surface area contributed by atoms with E-state index in [1.165, 1.54) is 12.8 Å². The lowest BCUT2D eigenvalue weighted by atomic mass is 10.2. The van der Waals surface area contributed by atoms with Gasteiger partial charge < -0.3 is 10.0 Å². The standard InChI is InChI=1S/C12H23NO2.ClH/c1-10(2)9-13(11-6-7-11)8-4-3-5-12(14)15;/h10-11H,3-9H2,1-2H3,(H,14,15);1H.